The maximum Gasteiger partial charge on any atom is 0.247 e. The highest BCUT2D eigenvalue weighted by Crippen LogP contribution is 2.42. The minimum absolute atomic E-state index is 0.0122. The Morgan fingerprint density at radius 3 is 2.31 bits per heavy atom. The highest BCUT2D eigenvalue weighted by Gasteiger charge is 2.40. The summed E-state index contributed by atoms with van der Waals surface area (Å²) < 4.78 is 0. The van der Waals surface area contributed by atoms with Gasteiger partial charge >= 0.3 is 0 Å². The summed E-state index contributed by atoms with van der Waals surface area (Å²) in [5, 5.41) is 1.26. The van der Waals surface area contributed by atoms with E-state index in [-0.39, 0.29) is 35.8 Å². The highest BCUT2D eigenvalue weighted by molar-refractivity contribution is 8.01. The van der Waals surface area contributed by atoms with E-state index in [1.165, 1.54) is 22.2 Å². The monoisotopic (exact) mass is 615 g/mol. The van der Waals surface area contributed by atoms with Crippen LogP contribution in [-0.4, -0.2) is 51.7 Å². The van der Waals surface area contributed by atoms with Crippen LogP contribution in [-0.2, 0) is 14.4 Å². The Kier molecular flexibility index (Phi) is 8.47. The second kappa shape index (κ2) is 12.4. The van der Waals surface area contributed by atoms with Gasteiger partial charge < -0.3 is 4.90 Å². The van der Waals surface area contributed by atoms with Gasteiger partial charge in [0.05, 0.1) is 32.3 Å². The molecule has 3 heterocycles. The van der Waals surface area contributed by atoms with Crippen LogP contribution < -0.4 is 4.90 Å². The average molecular weight is 616 g/mol. The Morgan fingerprint density at radius 1 is 0.952 bits per heavy atom. The minimum Gasteiger partial charge on any atom is -0.342 e. The summed E-state index contributed by atoms with van der Waals surface area (Å²) in [6, 6.07) is 25.3. The minimum atomic E-state index is -0.527. The first-order chi connectivity index (χ1) is 20.4. The number of rotatable bonds is 7. The third kappa shape index (κ3) is 6.02. The summed E-state index contributed by atoms with van der Waals surface area (Å²) in [6.07, 6.45) is 1.79. The van der Waals surface area contributed by atoms with Crippen molar-refractivity contribution in [3.8, 4) is 21.7 Å². The predicted molar refractivity (Wildman–Crippen MR) is 171 cm³/mol. The zero-order valence-corrected chi connectivity index (χ0v) is 25.6. The number of thioether (sulfide) groups is 1. The first kappa shape index (κ1) is 28.6. The van der Waals surface area contributed by atoms with Gasteiger partial charge in [0.2, 0.25) is 17.7 Å². The standard InChI is InChI=1S/C33H30ClN3O3S2/c1-21-7-9-23(10-8-21)31-30(22-11-13-25(34)14-12-22)35-32(42-31)24-15-17-36(18-16-24)29(39)20-41-27-19-28(38)37(33(27)40)26-5-3-2-4-6-26/h2-14,24,27H,15-20H2,1H3. The number of para-hydroxylation sites is 1. The summed E-state index contributed by atoms with van der Waals surface area (Å²) in [5.41, 5.74) is 4.93. The van der Waals surface area contributed by atoms with Crippen molar-refractivity contribution in [1.29, 1.82) is 0 Å². The number of aryl methyl sites for hydroxylation is 1. The number of carbonyl (C=O) groups excluding carboxylic acids is 3. The van der Waals surface area contributed by atoms with E-state index in [1.807, 2.05) is 35.2 Å². The van der Waals surface area contributed by atoms with Crippen molar-refractivity contribution in [2.75, 3.05) is 23.7 Å². The summed E-state index contributed by atoms with van der Waals surface area (Å²) in [4.78, 5) is 47.9. The molecular formula is C33H30ClN3O3S2. The summed E-state index contributed by atoms with van der Waals surface area (Å²) in [5.74, 6) is 0.00587. The molecule has 9 heteroatoms. The van der Waals surface area contributed by atoms with Gasteiger partial charge in [0.1, 0.15) is 0 Å². The van der Waals surface area contributed by atoms with E-state index in [4.69, 9.17) is 16.6 Å². The molecular weight excluding hydrogens is 586 g/mol. The molecule has 2 aliphatic rings. The van der Waals surface area contributed by atoms with Gasteiger partial charge in [-0.3, -0.25) is 14.4 Å². The van der Waals surface area contributed by atoms with Crippen LogP contribution >= 0.6 is 34.7 Å². The molecule has 1 unspecified atom stereocenters. The van der Waals surface area contributed by atoms with E-state index in [9.17, 15) is 14.4 Å². The predicted octanol–water partition coefficient (Wildman–Crippen LogP) is 7.21. The van der Waals surface area contributed by atoms with Crippen molar-refractivity contribution in [2.45, 2.75) is 37.4 Å². The maximum atomic E-state index is 13.1. The third-order valence-electron chi connectivity index (χ3n) is 7.80. The van der Waals surface area contributed by atoms with Crippen molar-refractivity contribution >= 4 is 58.1 Å². The maximum absolute atomic E-state index is 13.1. The molecule has 0 spiro atoms. The zero-order chi connectivity index (χ0) is 29.2. The molecule has 3 amide bonds. The van der Waals surface area contributed by atoms with Crippen molar-refractivity contribution < 1.29 is 14.4 Å². The van der Waals surface area contributed by atoms with E-state index in [0.29, 0.717) is 23.8 Å². The number of benzene rings is 3. The zero-order valence-electron chi connectivity index (χ0n) is 23.2. The fourth-order valence-electron chi connectivity index (χ4n) is 5.44. The third-order valence-corrected chi connectivity index (χ3v) is 10.5. The summed E-state index contributed by atoms with van der Waals surface area (Å²) >= 11 is 9.17. The topological polar surface area (TPSA) is 70.6 Å². The van der Waals surface area contributed by atoms with Crippen LogP contribution in [0.1, 0.15) is 35.8 Å². The van der Waals surface area contributed by atoms with Gasteiger partial charge in [-0.15, -0.1) is 23.1 Å². The lowest BCUT2D eigenvalue weighted by Crippen LogP contribution is -2.39. The lowest BCUT2D eigenvalue weighted by molar-refractivity contribution is -0.129. The molecule has 1 aromatic heterocycles. The second-order valence-electron chi connectivity index (χ2n) is 10.7. The first-order valence-electron chi connectivity index (χ1n) is 14.0. The number of imide groups is 1. The lowest BCUT2D eigenvalue weighted by atomic mass is 9.97. The number of likely N-dealkylation sites (tertiary alicyclic amines) is 1. The molecule has 2 aliphatic heterocycles. The largest absolute Gasteiger partial charge is 0.342 e. The number of piperidine rings is 1. The SMILES string of the molecule is Cc1ccc(-c2sc(C3CCN(C(=O)CSC4CC(=O)N(c5ccccc5)C4=O)CC3)nc2-c2ccc(Cl)cc2)cc1. The Morgan fingerprint density at radius 2 is 1.62 bits per heavy atom. The van der Waals surface area contributed by atoms with Gasteiger partial charge in [-0.25, -0.2) is 9.88 Å². The highest BCUT2D eigenvalue weighted by atomic mass is 35.5. The molecule has 6 nitrogen and oxygen atoms in total. The molecule has 4 aromatic rings. The molecule has 2 fully saturated rings. The Balaban J connectivity index is 1.10. The van der Waals surface area contributed by atoms with Crippen molar-refractivity contribution in [3.63, 3.8) is 0 Å². The van der Waals surface area contributed by atoms with Gasteiger partial charge in [-0.05, 0) is 49.6 Å². The van der Waals surface area contributed by atoms with Crippen LogP contribution in [0.3, 0.4) is 0 Å². The molecule has 0 aliphatic carbocycles. The van der Waals surface area contributed by atoms with Gasteiger partial charge in [-0.1, -0.05) is 71.8 Å². The number of aromatic nitrogens is 1. The number of halogens is 1. The number of carbonyl (C=O) groups is 3. The van der Waals surface area contributed by atoms with E-state index >= 15 is 0 Å². The van der Waals surface area contributed by atoms with Crippen molar-refractivity contribution in [2.24, 2.45) is 0 Å². The van der Waals surface area contributed by atoms with Crippen LogP contribution in [0.4, 0.5) is 5.69 Å². The molecule has 2 saturated heterocycles. The quantitative estimate of drug-likeness (QED) is 0.206. The van der Waals surface area contributed by atoms with Crippen molar-refractivity contribution in [3.05, 3.63) is 94.5 Å². The molecule has 0 saturated carbocycles. The molecule has 1 atom stereocenters. The Bertz CT molecular complexity index is 1540. The number of thiazole rings is 1. The van der Waals surface area contributed by atoms with Gasteiger partial charge in [0, 0.05) is 36.0 Å². The van der Waals surface area contributed by atoms with Gasteiger partial charge in [0.25, 0.3) is 0 Å². The fraction of sp³-hybridized carbons (Fsp3) is 0.273. The van der Waals surface area contributed by atoms with Crippen LogP contribution in [0.5, 0.6) is 0 Å². The molecule has 0 N–H and O–H groups in total. The Hall–Kier alpha value is -3.46. The van der Waals surface area contributed by atoms with Gasteiger partial charge in [0.15, 0.2) is 0 Å². The average Bonchev–Trinajstić information content (AvgIpc) is 3.58. The van der Waals surface area contributed by atoms with Crippen LogP contribution in [0.25, 0.3) is 21.7 Å². The number of amides is 3. The van der Waals surface area contributed by atoms with E-state index in [2.05, 4.69) is 31.2 Å². The number of hydrogen-bond donors (Lipinski definition) is 0. The van der Waals surface area contributed by atoms with Crippen LogP contribution in [0.15, 0.2) is 78.9 Å². The molecule has 3 aromatic carbocycles. The van der Waals surface area contributed by atoms with Gasteiger partial charge in [-0.2, -0.15) is 0 Å². The number of nitrogens with zero attached hydrogens (tertiary/aromatic N) is 3. The molecule has 0 radical (unpaired) electrons. The van der Waals surface area contributed by atoms with E-state index in [0.717, 1.165) is 39.5 Å². The van der Waals surface area contributed by atoms with Crippen LogP contribution in [0, 0.1) is 6.92 Å². The first-order valence-corrected chi connectivity index (χ1v) is 16.3. The molecule has 42 heavy (non-hydrogen) atoms. The smallest absolute Gasteiger partial charge is 0.247 e. The van der Waals surface area contributed by atoms with E-state index < -0.39 is 5.25 Å². The summed E-state index contributed by atoms with van der Waals surface area (Å²) in [6.45, 7) is 3.38. The molecule has 6 rings (SSSR count). The van der Waals surface area contributed by atoms with Crippen molar-refractivity contribution in [1.82, 2.24) is 9.88 Å². The molecule has 0 bridgehead atoms. The number of hydrogen-bond acceptors (Lipinski definition) is 6. The number of anilines is 1. The summed E-state index contributed by atoms with van der Waals surface area (Å²) in [7, 11) is 0. The van der Waals surface area contributed by atoms with Crippen LogP contribution in [0.2, 0.25) is 5.02 Å². The Labute approximate surface area is 258 Å². The normalized spacial score (nSPS) is 17.7. The van der Waals surface area contributed by atoms with E-state index in [1.54, 1.807) is 35.6 Å². The molecule has 214 valence electrons. The lowest BCUT2D eigenvalue weighted by Gasteiger charge is -2.31. The second-order valence-corrected chi connectivity index (χ2v) is 13.3. The fourth-order valence-corrected chi connectivity index (χ4v) is 7.86.